The van der Waals surface area contributed by atoms with Crippen LogP contribution in [-0.4, -0.2) is 59.3 Å². The van der Waals surface area contributed by atoms with Gasteiger partial charge in [0.2, 0.25) is 0 Å². The molecule has 0 saturated carbocycles. The zero-order valence-corrected chi connectivity index (χ0v) is 11.8. The van der Waals surface area contributed by atoms with E-state index in [0.29, 0.717) is 32.0 Å². The summed E-state index contributed by atoms with van der Waals surface area (Å²) in [4.78, 5) is 6.96. The average molecular weight is 298 g/mol. The summed E-state index contributed by atoms with van der Waals surface area (Å²) in [7, 11) is 15.8. The second kappa shape index (κ2) is 5.52. The van der Waals surface area contributed by atoms with Gasteiger partial charge in [-0.05, 0) is 5.30 Å². The van der Waals surface area contributed by atoms with E-state index in [0.717, 1.165) is 12.1 Å². The summed E-state index contributed by atoms with van der Waals surface area (Å²) < 4.78 is 33.4. The normalized spacial score (nSPS) is 21.1. The molecule has 2 aliphatic rings. The van der Waals surface area contributed by atoms with Crippen LogP contribution < -0.4 is 4.74 Å². The van der Waals surface area contributed by atoms with Gasteiger partial charge in [-0.25, -0.2) is 8.78 Å². The summed E-state index contributed by atoms with van der Waals surface area (Å²) in [5.41, 5.74) is -0.0129. The topological polar surface area (TPSA) is 34.1 Å². The lowest BCUT2D eigenvalue weighted by molar-refractivity contribution is 0.106. The van der Waals surface area contributed by atoms with Gasteiger partial charge in [0.25, 0.3) is 0 Å². The zero-order valence-electron chi connectivity index (χ0n) is 11.8. The molecule has 6 radical (unpaired) electrons. The van der Waals surface area contributed by atoms with Gasteiger partial charge in [0.1, 0.15) is 53.4 Å². The molecular formula is C13H11B3F2N2O2. The van der Waals surface area contributed by atoms with Gasteiger partial charge in [-0.1, -0.05) is 5.16 Å². The van der Waals surface area contributed by atoms with E-state index in [4.69, 9.17) is 33.1 Å². The Balaban J connectivity index is 1.86. The van der Waals surface area contributed by atoms with Crippen LogP contribution in [-0.2, 0) is 4.84 Å². The van der Waals surface area contributed by atoms with E-state index in [2.05, 4.69) is 5.16 Å². The van der Waals surface area contributed by atoms with E-state index in [1.807, 2.05) is 4.90 Å². The summed E-state index contributed by atoms with van der Waals surface area (Å²) >= 11 is 0. The van der Waals surface area contributed by atoms with Crippen molar-refractivity contribution in [3.05, 3.63) is 29.3 Å². The minimum absolute atomic E-state index is 0.0129. The molecule has 0 aromatic heterocycles. The molecule has 2 heterocycles. The quantitative estimate of drug-likeness (QED) is 0.766. The van der Waals surface area contributed by atoms with E-state index < -0.39 is 16.9 Å². The SMILES string of the molecule is [B]C([B])([B])Oc1cc(F)c([C@H]2CC3=NOCCN3C2)c(F)c1. The van der Waals surface area contributed by atoms with Crippen LogP contribution in [0.4, 0.5) is 8.78 Å². The first kappa shape index (κ1) is 15.2. The molecule has 0 N–H and O–H groups in total. The lowest BCUT2D eigenvalue weighted by Gasteiger charge is -2.24. The first-order valence-corrected chi connectivity index (χ1v) is 6.82. The Bertz CT molecular complexity index is 599. The number of amidine groups is 1. The third-order valence-corrected chi connectivity index (χ3v) is 3.61. The van der Waals surface area contributed by atoms with Gasteiger partial charge >= 0.3 is 0 Å². The maximum absolute atomic E-state index is 14.3. The summed E-state index contributed by atoms with van der Waals surface area (Å²) in [6.45, 7) is 1.63. The highest BCUT2D eigenvalue weighted by atomic mass is 19.1. The first-order chi connectivity index (χ1) is 10.3. The van der Waals surface area contributed by atoms with Crippen LogP contribution in [0.15, 0.2) is 17.3 Å². The molecule has 0 aliphatic carbocycles. The van der Waals surface area contributed by atoms with Gasteiger partial charge in [0.15, 0.2) is 0 Å². The van der Waals surface area contributed by atoms with Crippen molar-refractivity contribution in [1.29, 1.82) is 0 Å². The third-order valence-electron chi connectivity index (χ3n) is 3.61. The smallest absolute Gasteiger partial charge is 0.145 e. The molecule has 0 bridgehead atoms. The molecule has 1 saturated heterocycles. The van der Waals surface area contributed by atoms with Crippen LogP contribution in [0.5, 0.6) is 5.75 Å². The fourth-order valence-corrected chi connectivity index (χ4v) is 2.78. The van der Waals surface area contributed by atoms with Crippen molar-refractivity contribution in [3.8, 4) is 5.75 Å². The highest BCUT2D eigenvalue weighted by Crippen LogP contribution is 2.35. The monoisotopic (exact) mass is 298 g/mol. The van der Waals surface area contributed by atoms with Crippen molar-refractivity contribution < 1.29 is 18.4 Å². The van der Waals surface area contributed by atoms with Gasteiger partial charge < -0.3 is 14.5 Å². The lowest BCUT2D eigenvalue weighted by Crippen LogP contribution is -2.37. The van der Waals surface area contributed by atoms with Crippen LogP contribution in [0.2, 0.25) is 0 Å². The number of benzene rings is 1. The Morgan fingerprint density at radius 2 is 1.95 bits per heavy atom. The lowest BCUT2D eigenvalue weighted by atomic mass is 9.52. The average Bonchev–Trinajstić information content (AvgIpc) is 2.78. The summed E-state index contributed by atoms with van der Waals surface area (Å²) in [5.74, 6) is -1.26. The molecule has 1 atom stereocenters. The standard InChI is InChI=1S/C13H11B3F2N2O2/c14-13(15,16)22-8-4-9(17)12(10(18)5-8)7-3-11-19-21-2-1-20(11)6-7/h4-5,7H,1-3,6H2/t7-/m0/s1. The molecule has 3 rings (SSSR count). The van der Waals surface area contributed by atoms with Crippen LogP contribution in [0.1, 0.15) is 17.9 Å². The van der Waals surface area contributed by atoms with Gasteiger partial charge in [-0.3, -0.25) is 0 Å². The first-order valence-electron chi connectivity index (χ1n) is 6.82. The Morgan fingerprint density at radius 3 is 2.55 bits per heavy atom. The number of hydrogen-bond donors (Lipinski definition) is 0. The number of oxime groups is 1. The highest BCUT2D eigenvalue weighted by Gasteiger charge is 2.34. The molecule has 0 amide bonds. The van der Waals surface area contributed by atoms with Gasteiger partial charge in [-0.15, -0.1) is 0 Å². The summed E-state index contributed by atoms with van der Waals surface area (Å²) in [6.07, 6.45) is 0.419. The van der Waals surface area contributed by atoms with Gasteiger partial charge in [-0.2, -0.15) is 0 Å². The fourth-order valence-electron chi connectivity index (χ4n) is 2.78. The molecule has 0 unspecified atom stereocenters. The Morgan fingerprint density at radius 1 is 1.27 bits per heavy atom. The van der Waals surface area contributed by atoms with Crippen molar-refractivity contribution >= 4 is 29.4 Å². The maximum atomic E-state index is 14.3. The number of fused-ring (bicyclic) bond motifs is 1. The number of rotatable bonds is 3. The Kier molecular flexibility index (Phi) is 3.83. The van der Waals surface area contributed by atoms with Gasteiger partial charge in [0.05, 0.1) is 6.54 Å². The molecule has 9 heteroatoms. The van der Waals surface area contributed by atoms with Crippen molar-refractivity contribution in [2.24, 2.45) is 5.16 Å². The van der Waals surface area contributed by atoms with Crippen LogP contribution in [0, 0.1) is 11.6 Å². The van der Waals surface area contributed by atoms with E-state index in [-0.39, 0.29) is 17.2 Å². The molecule has 4 nitrogen and oxygen atoms in total. The van der Waals surface area contributed by atoms with Crippen molar-refractivity contribution in [1.82, 2.24) is 4.90 Å². The molecule has 108 valence electrons. The Hall–Kier alpha value is -1.66. The molecule has 0 spiro atoms. The van der Waals surface area contributed by atoms with Crippen molar-refractivity contribution in [2.75, 3.05) is 19.7 Å². The van der Waals surface area contributed by atoms with Crippen LogP contribution in [0.3, 0.4) is 0 Å². The minimum Gasteiger partial charge on any atom is -0.516 e. The number of halogens is 2. The second-order valence-electron chi connectivity index (χ2n) is 5.44. The van der Waals surface area contributed by atoms with Crippen LogP contribution in [0.25, 0.3) is 0 Å². The molecule has 1 aromatic rings. The predicted molar refractivity (Wildman–Crippen MR) is 79.3 cm³/mol. The summed E-state index contributed by atoms with van der Waals surface area (Å²) in [5, 5.41) is 1.92. The van der Waals surface area contributed by atoms with Crippen molar-refractivity contribution in [2.45, 2.75) is 17.6 Å². The van der Waals surface area contributed by atoms with Crippen LogP contribution >= 0.6 is 0 Å². The second-order valence-corrected chi connectivity index (χ2v) is 5.44. The Labute approximate surface area is 131 Å². The fraction of sp³-hybridized carbons (Fsp3) is 0.462. The van der Waals surface area contributed by atoms with E-state index >= 15 is 0 Å². The van der Waals surface area contributed by atoms with Crippen molar-refractivity contribution in [3.63, 3.8) is 0 Å². The predicted octanol–water partition coefficient (Wildman–Crippen LogP) is 0.593. The molecule has 22 heavy (non-hydrogen) atoms. The molecule has 1 aromatic carbocycles. The zero-order chi connectivity index (χ0) is 15.9. The number of nitrogens with zero attached hydrogens (tertiary/aromatic N) is 2. The number of ether oxygens (including phenoxy) is 1. The number of hydrogen-bond acceptors (Lipinski definition) is 4. The highest BCUT2D eigenvalue weighted by molar-refractivity contribution is 6.58. The van der Waals surface area contributed by atoms with E-state index in [1.54, 1.807) is 0 Å². The van der Waals surface area contributed by atoms with E-state index in [1.165, 1.54) is 0 Å². The molecule has 2 aliphatic heterocycles. The van der Waals surface area contributed by atoms with E-state index in [9.17, 15) is 8.78 Å². The van der Waals surface area contributed by atoms with Gasteiger partial charge in [0, 0.05) is 36.6 Å². The summed E-state index contributed by atoms with van der Waals surface area (Å²) in [6, 6.07) is 2.05. The third kappa shape index (κ3) is 3.08. The largest absolute Gasteiger partial charge is 0.516 e. The molecular weight excluding hydrogens is 287 g/mol. The molecule has 1 fully saturated rings. The maximum Gasteiger partial charge on any atom is 0.145 e. The minimum atomic E-state index is -2.00.